The van der Waals surface area contributed by atoms with Gasteiger partial charge in [-0.3, -0.25) is 14.4 Å². The summed E-state index contributed by atoms with van der Waals surface area (Å²) in [5.74, 6) is 0.250. The van der Waals surface area contributed by atoms with Crippen molar-refractivity contribution in [2.75, 3.05) is 25.5 Å². The molecule has 0 atom stereocenters. The average Bonchev–Trinajstić information content (AvgIpc) is 2.86. The first-order valence-corrected chi connectivity index (χ1v) is 10.7. The molecule has 0 heterocycles. The Morgan fingerprint density at radius 1 is 0.727 bits per heavy atom. The molecule has 3 amide bonds. The lowest BCUT2D eigenvalue weighted by Gasteiger charge is -2.09. The summed E-state index contributed by atoms with van der Waals surface area (Å²) in [7, 11) is 1.62. The molecule has 0 aromatic heterocycles. The minimum Gasteiger partial charge on any atom is -0.497 e. The van der Waals surface area contributed by atoms with Gasteiger partial charge in [-0.05, 0) is 60.5 Å². The van der Waals surface area contributed by atoms with E-state index in [9.17, 15) is 14.4 Å². The molecule has 0 saturated carbocycles. The van der Waals surface area contributed by atoms with E-state index in [0.717, 1.165) is 11.3 Å². The van der Waals surface area contributed by atoms with Crippen molar-refractivity contribution < 1.29 is 19.1 Å². The fraction of sp³-hybridized carbons (Fsp3) is 0.192. The van der Waals surface area contributed by atoms with E-state index in [0.29, 0.717) is 42.7 Å². The van der Waals surface area contributed by atoms with Crippen LogP contribution in [0.15, 0.2) is 78.9 Å². The van der Waals surface area contributed by atoms with Gasteiger partial charge in [-0.25, -0.2) is 0 Å². The topological polar surface area (TPSA) is 96.5 Å². The van der Waals surface area contributed by atoms with Gasteiger partial charge in [0.1, 0.15) is 5.75 Å². The molecule has 0 radical (unpaired) electrons. The van der Waals surface area contributed by atoms with Gasteiger partial charge in [-0.1, -0.05) is 30.3 Å². The largest absolute Gasteiger partial charge is 0.497 e. The van der Waals surface area contributed by atoms with Gasteiger partial charge in [0.25, 0.3) is 11.8 Å². The Kier molecular flexibility index (Phi) is 8.59. The van der Waals surface area contributed by atoms with E-state index in [1.54, 1.807) is 55.6 Å². The highest BCUT2D eigenvalue weighted by Gasteiger charge is 2.08. The molecule has 170 valence electrons. The summed E-state index contributed by atoms with van der Waals surface area (Å²) in [5.41, 5.74) is 2.73. The number of hydrogen-bond donors (Lipinski definition) is 3. The molecule has 0 spiro atoms. The quantitative estimate of drug-likeness (QED) is 0.417. The summed E-state index contributed by atoms with van der Waals surface area (Å²) in [6, 6.07) is 23.2. The highest BCUT2D eigenvalue weighted by Crippen LogP contribution is 2.14. The zero-order chi connectivity index (χ0) is 23.5. The van der Waals surface area contributed by atoms with E-state index in [2.05, 4.69) is 16.0 Å². The van der Waals surface area contributed by atoms with Crippen LogP contribution in [0.3, 0.4) is 0 Å². The van der Waals surface area contributed by atoms with Gasteiger partial charge in [0.05, 0.1) is 7.11 Å². The molecule has 7 nitrogen and oxygen atoms in total. The van der Waals surface area contributed by atoms with E-state index < -0.39 is 0 Å². The Labute approximate surface area is 193 Å². The molecule has 0 fully saturated rings. The van der Waals surface area contributed by atoms with Crippen LogP contribution in [0.1, 0.15) is 32.7 Å². The first-order chi connectivity index (χ1) is 16.0. The van der Waals surface area contributed by atoms with Crippen molar-refractivity contribution in [3.8, 4) is 5.75 Å². The third-order valence-corrected chi connectivity index (χ3v) is 4.96. The molecule has 3 aromatic rings. The minimum atomic E-state index is -0.249. The number of carbonyl (C=O) groups excluding carboxylic acids is 3. The van der Waals surface area contributed by atoms with E-state index in [1.165, 1.54) is 0 Å². The zero-order valence-corrected chi connectivity index (χ0v) is 18.5. The third-order valence-electron chi connectivity index (χ3n) is 4.96. The number of amides is 3. The van der Waals surface area contributed by atoms with Crippen molar-refractivity contribution in [2.24, 2.45) is 0 Å². The van der Waals surface area contributed by atoms with Crippen molar-refractivity contribution in [2.45, 2.75) is 12.8 Å². The fourth-order valence-electron chi connectivity index (χ4n) is 3.12. The molecule has 0 aliphatic rings. The lowest BCUT2D eigenvalue weighted by atomic mass is 10.1. The molecule has 0 aliphatic carbocycles. The van der Waals surface area contributed by atoms with Crippen molar-refractivity contribution in [3.63, 3.8) is 0 Å². The maximum absolute atomic E-state index is 12.3. The van der Waals surface area contributed by atoms with Crippen LogP contribution in [-0.2, 0) is 11.2 Å². The molecule has 0 aliphatic heterocycles. The monoisotopic (exact) mass is 445 g/mol. The van der Waals surface area contributed by atoms with Gasteiger partial charge in [-0.15, -0.1) is 0 Å². The summed E-state index contributed by atoms with van der Waals surface area (Å²) in [6.07, 6.45) is 0.973. The molecule has 3 N–H and O–H groups in total. The van der Waals surface area contributed by atoms with Crippen LogP contribution in [0, 0.1) is 0 Å². The molecule has 0 saturated heterocycles. The molecule has 3 aromatic carbocycles. The lowest BCUT2D eigenvalue weighted by molar-refractivity contribution is -0.116. The Morgan fingerprint density at radius 2 is 1.30 bits per heavy atom. The van der Waals surface area contributed by atoms with Crippen LogP contribution >= 0.6 is 0 Å². The predicted molar refractivity (Wildman–Crippen MR) is 127 cm³/mol. The summed E-state index contributed by atoms with van der Waals surface area (Å²) < 4.78 is 5.13. The zero-order valence-electron chi connectivity index (χ0n) is 18.5. The first kappa shape index (κ1) is 23.5. The van der Waals surface area contributed by atoms with Crippen LogP contribution in [0.5, 0.6) is 5.75 Å². The number of rotatable bonds is 10. The number of nitrogens with one attached hydrogen (secondary N) is 3. The van der Waals surface area contributed by atoms with Gasteiger partial charge in [0.2, 0.25) is 5.91 Å². The molecule has 0 unspecified atom stereocenters. The van der Waals surface area contributed by atoms with Crippen LogP contribution < -0.4 is 20.7 Å². The van der Waals surface area contributed by atoms with Gasteiger partial charge in [-0.2, -0.15) is 0 Å². The van der Waals surface area contributed by atoms with E-state index in [-0.39, 0.29) is 17.7 Å². The van der Waals surface area contributed by atoms with Crippen LogP contribution in [0.25, 0.3) is 0 Å². The smallest absolute Gasteiger partial charge is 0.251 e. The van der Waals surface area contributed by atoms with Gasteiger partial charge in [0.15, 0.2) is 0 Å². The molecule has 33 heavy (non-hydrogen) atoms. The summed E-state index contributed by atoms with van der Waals surface area (Å²) in [4.78, 5) is 36.5. The normalized spacial score (nSPS) is 10.2. The number of benzene rings is 3. The SMILES string of the molecule is COc1ccc(CCC(=O)Nc2ccc(C(=O)NCCNC(=O)c3ccccc3)cc2)cc1. The number of aryl methyl sites for hydroxylation is 1. The molecular weight excluding hydrogens is 418 g/mol. The minimum absolute atomic E-state index is 0.0998. The molecular formula is C26H27N3O4. The van der Waals surface area contributed by atoms with Crippen molar-refractivity contribution in [1.82, 2.24) is 10.6 Å². The standard InChI is InChI=1S/C26H27N3O4/c1-33-23-14-7-19(8-15-23)9-16-24(30)29-22-12-10-21(11-13-22)26(32)28-18-17-27-25(31)20-5-3-2-4-6-20/h2-8,10-15H,9,16-18H2,1H3,(H,27,31)(H,28,32)(H,29,30). The Balaban J connectivity index is 1.38. The molecule has 7 heteroatoms. The fourth-order valence-corrected chi connectivity index (χ4v) is 3.12. The van der Waals surface area contributed by atoms with Crippen molar-refractivity contribution >= 4 is 23.4 Å². The Bertz CT molecular complexity index is 1060. The molecule has 0 bridgehead atoms. The van der Waals surface area contributed by atoms with Crippen LogP contribution in [0.4, 0.5) is 5.69 Å². The highest BCUT2D eigenvalue weighted by atomic mass is 16.5. The number of anilines is 1. The second-order valence-corrected chi connectivity index (χ2v) is 7.35. The second-order valence-electron chi connectivity index (χ2n) is 7.35. The van der Waals surface area contributed by atoms with Gasteiger partial charge < -0.3 is 20.7 Å². The van der Waals surface area contributed by atoms with Crippen molar-refractivity contribution in [1.29, 1.82) is 0 Å². The number of hydrogen-bond acceptors (Lipinski definition) is 4. The summed E-state index contributed by atoms with van der Waals surface area (Å²) >= 11 is 0. The van der Waals surface area contributed by atoms with Gasteiger partial charge in [0, 0.05) is 36.3 Å². The average molecular weight is 446 g/mol. The van der Waals surface area contributed by atoms with E-state index >= 15 is 0 Å². The molecule has 3 rings (SSSR count). The van der Waals surface area contributed by atoms with Gasteiger partial charge >= 0.3 is 0 Å². The van der Waals surface area contributed by atoms with Crippen LogP contribution in [0.2, 0.25) is 0 Å². The van der Waals surface area contributed by atoms with E-state index in [4.69, 9.17) is 4.74 Å². The first-order valence-electron chi connectivity index (χ1n) is 10.7. The van der Waals surface area contributed by atoms with E-state index in [1.807, 2.05) is 30.3 Å². The van der Waals surface area contributed by atoms with Crippen molar-refractivity contribution in [3.05, 3.63) is 95.6 Å². The maximum atomic E-state index is 12.3. The second kappa shape index (κ2) is 12.0. The highest BCUT2D eigenvalue weighted by molar-refractivity contribution is 5.96. The van der Waals surface area contributed by atoms with Crippen LogP contribution in [-0.4, -0.2) is 37.9 Å². The number of carbonyl (C=O) groups is 3. The predicted octanol–water partition coefficient (Wildman–Crippen LogP) is 3.43. The third kappa shape index (κ3) is 7.50. The number of ether oxygens (including phenoxy) is 1. The number of methoxy groups -OCH3 is 1. The summed E-state index contributed by atoms with van der Waals surface area (Å²) in [5, 5.41) is 8.36. The summed E-state index contributed by atoms with van der Waals surface area (Å²) in [6.45, 7) is 0.628. The maximum Gasteiger partial charge on any atom is 0.251 e. The Morgan fingerprint density at radius 3 is 1.88 bits per heavy atom. The lowest BCUT2D eigenvalue weighted by Crippen LogP contribution is -2.34. The Hall–Kier alpha value is -4.13.